The first kappa shape index (κ1) is 24.3. The third-order valence-corrected chi connectivity index (χ3v) is 6.91. The Morgan fingerprint density at radius 2 is 1.71 bits per heavy atom. The molecule has 34 heavy (non-hydrogen) atoms. The highest BCUT2D eigenvalue weighted by molar-refractivity contribution is 9.10. The molecule has 1 aliphatic rings. The van der Waals surface area contributed by atoms with Crippen molar-refractivity contribution >= 4 is 50.5 Å². The highest BCUT2D eigenvalue weighted by Crippen LogP contribution is 2.34. The molecule has 174 valence electrons. The molecule has 1 amide bonds. The number of carbonyl (C=O) groups excluding carboxylic acids is 1. The Morgan fingerprint density at radius 3 is 2.38 bits per heavy atom. The SMILES string of the molecule is CCCCN1C(=O)/C(=C\c2ccc(OCc3ccc(Br)cc3)cc2)SC1=Nc1ccc(C)cc1. The average molecular weight is 536 g/mol. The Morgan fingerprint density at radius 1 is 1.00 bits per heavy atom. The number of nitrogens with zero attached hydrogens (tertiary/aromatic N) is 2. The summed E-state index contributed by atoms with van der Waals surface area (Å²) >= 11 is 4.88. The molecular weight excluding hydrogens is 508 g/mol. The normalized spacial score (nSPS) is 16.0. The van der Waals surface area contributed by atoms with Crippen LogP contribution in [-0.4, -0.2) is 22.5 Å². The first-order chi connectivity index (χ1) is 16.5. The lowest BCUT2D eigenvalue weighted by Gasteiger charge is -2.14. The zero-order chi connectivity index (χ0) is 23.9. The van der Waals surface area contributed by atoms with Crippen molar-refractivity contribution in [3.05, 3.63) is 98.9 Å². The van der Waals surface area contributed by atoms with Crippen molar-refractivity contribution in [2.45, 2.75) is 33.3 Å². The van der Waals surface area contributed by atoms with Crippen LogP contribution in [0.1, 0.15) is 36.5 Å². The lowest BCUT2D eigenvalue weighted by molar-refractivity contribution is -0.122. The molecule has 1 aliphatic heterocycles. The van der Waals surface area contributed by atoms with E-state index in [4.69, 9.17) is 9.73 Å². The van der Waals surface area contributed by atoms with E-state index in [-0.39, 0.29) is 5.91 Å². The number of ether oxygens (including phenoxy) is 1. The number of halogens is 1. The Bertz CT molecular complexity index is 1190. The molecule has 0 unspecified atom stereocenters. The molecule has 0 aromatic heterocycles. The minimum atomic E-state index is 0.0138. The molecule has 1 fully saturated rings. The number of thioether (sulfide) groups is 1. The summed E-state index contributed by atoms with van der Waals surface area (Å²) in [6.45, 7) is 5.36. The number of benzene rings is 3. The average Bonchev–Trinajstić information content (AvgIpc) is 3.13. The number of amides is 1. The largest absolute Gasteiger partial charge is 0.489 e. The van der Waals surface area contributed by atoms with Crippen molar-refractivity contribution in [3.8, 4) is 5.75 Å². The molecule has 4 rings (SSSR count). The van der Waals surface area contributed by atoms with Crippen molar-refractivity contribution in [2.24, 2.45) is 4.99 Å². The van der Waals surface area contributed by atoms with Gasteiger partial charge < -0.3 is 4.74 Å². The van der Waals surface area contributed by atoms with Gasteiger partial charge in [0.15, 0.2) is 5.17 Å². The van der Waals surface area contributed by atoms with Crippen LogP contribution in [-0.2, 0) is 11.4 Å². The quantitative estimate of drug-likeness (QED) is 0.277. The van der Waals surface area contributed by atoms with Gasteiger partial charge in [0, 0.05) is 11.0 Å². The van der Waals surface area contributed by atoms with Crippen LogP contribution in [0.4, 0.5) is 5.69 Å². The Balaban J connectivity index is 1.48. The molecule has 0 radical (unpaired) electrons. The molecule has 4 nitrogen and oxygen atoms in total. The molecule has 0 saturated carbocycles. The Hall–Kier alpha value is -2.83. The van der Waals surface area contributed by atoms with E-state index in [0.717, 1.165) is 45.0 Å². The summed E-state index contributed by atoms with van der Waals surface area (Å²) in [6, 6.07) is 23.9. The molecule has 3 aromatic rings. The van der Waals surface area contributed by atoms with Gasteiger partial charge >= 0.3 is 0 Å². The number of unbranched alkanes of at least 4 members (excludes halogenated alkanes) is 1. The molecule has 3 aromatic carbocycles. The van der Waals surface area contributed by atoms with E-state index in [1.54, 1.807) is 4.90 Å². The van der Waals surface area contributed by atoms with Crippen LogP contribution in [0.2, 0.25) is 0 Å². The number of rotatable bonds is 8. The monoisotopic (exact) mass is 534 g/mol. The third-order valence-electron chi connectivity index (χ3n) is 5.38. The number of hydrogen-bond acceptors (Lipinski definition) is 4. The molecule has 0 bridgehead atoms. The first-order valence-electron chi connectivity index (χ1n) is 11.4. The van der Waals surface area contributed by atoms with Crippen molar-refractivity contribution in [1.82, 2.24) is 4.90 Å². The molecule has 0 aliphatic carbocycles. The van der Waals surface area contributed by atoms with Gasteiger partial charge in [-0.05, 0) is 78.7 Å². The van der Waals surface area contributed by atoms with Crippen molar-refractivity contribution in [2.75, 3.05) is 6.54 Å². The van der Waals surface area contributed by atoms with Gasteiger partial charge in [0.05, 0.1) is 10.6 Å². The van der Waals surface area contributed by atoms with E-state index in [9.17, 15) is 4.79 Å². The molecule has 0 atom stereocenters. The maximum atomic E-state index is 13.1. The van der Waals surface area contributed by atoms with E-state index in [2.05, 4.69) is 29.8 Å². The molecule has 0 spiro atoms. The second-order valence-electron chi connectivity index (χ2n) is 8.14. The van der Waals surface area contributed by atoms with Crippen LogP contribution in [0, 0.1) is 6.92 Å². The van der Waals surface area contributed by atoms with Crippen LogP contribution < -0.4 is 4.74 Å². The summed E-state index contributed by atoms with van der Waals surface area (Å²) in [6.07, 6.45) is 3.89. The van der Waals surface area contributed by atoms with Gasteiger partial charge in [0.2, 0.25) is 0 Å². The van der Waals surface area contributed by atoms with Gasteiger partial charge in [-0.3, -0.25) is 9.69 Å². The maximum absolute atomic E-state index is 13.1. The van der Waals surface area contributed by atoms with Crippen molar-refractivity contribution in [3.63, 3.8) is 0 Å². The summed E-state index contributed by atoms with van der Waals surface area (Å²) < 4.78 is 6.95. The number of aliphatic imine (C=N–C) groups is 1. The molecule has 1 saturated heterocycles. The van der Waals surface area contributed by atoms with Gasteiger partial charge in [-0.1, -0.05) is 71.2 Å². The molecule has 6 heteroatoms. The van der Waals surface area contributed by atoms with Gasteiger partial charge in [-0.2, -0.15) is 0 Å². The van der Waals surface area contributed by atoms with Gasteiger partial charge in [-0.25, -0.2) is 4.99 Å². The number of amidine groups is 1. The zero-order valence-electron chi connectivity index (χ0n) is 19.3. The van der Waals surface area contributed by atoms with E-state index < -0.39 is 0 Å². The summed E-state index contributed by atoms with van der Waals surface area (Å²) in [4.78, 5) is 20.4. The fraction of sp³-hybridized carbons (Fsp3) is 0.214. The zero-order valence-corrected chi connectivity index (χ0v) is 21.7. The predicted octanol–water partition coefficient (Wildman–Crippen LogP) is 7.74. The predicted molar refractivity (Wildman–Crippen MR) is 145 cm³/mol. The number of carbonyl (C=O) groups is 1. The van der Waals surface area contributed by atoms with Crippen LogP contribution in [0.15, 0.2) is 87.2 Å². The van der Waals surface area contributed by atoms with Gasteiger partial charge in [0.1, 0.15) is 12.4 Å². The van der Waals surface area contributed by atoms with Crippen molar-refractivity contribution < 1.29 is 9.53 Å². The minimum absolute atomic E-state index is 0.0138. The van der Waals surface area contributed by atoms with Crippen LogP contribution in [0.5, 0.6) is 5.75 Å². The lowest BCUT2D eigenvalue weighted by atomic mass is 10.2. The van der Waals surface area contributed by atoms with Gasteiger partial charge in [0.25, 0.3) is 5.91 Å². The summed E-state index contributed by atoms with van der Waals surface area (Å²) in [5, 5.41) is 0.739. The minimum Gasteiger partial charge on any atom is -0.489 e. The molecular formula is C28H27BrN2O2S. The molecule has 1 heterocycles. The fourth-order valence-corrected chi connectivity index (χ4v) is 4.68. The highest BCUT2D eigenvalue weighted by atomic mass is 79.9. The Kier molecular flexibility index (Phi) is 8.25. The summed E-state index contributed by atoms with van der Waals surface area (Å²) in [5.74, 6) is 0.807. The van der Waals surface area contributed by atoms with Crippen molar-refractivity contribution in [1.29, 1.82) is 0 Å². The highest BCUT2D eigenvalue weighted by Gasteiger charge is 2.32. The second kappa shape index (κ2) is 11.5. The number of aryl methyl sites for hydroxylation is 1. The summed E-state index contributed by atoms with van der Waals surface area (Å²) in [7, 11) is 0. The second-order valence-corrected chi connectivity index (χ2v) is 10.1. The maximum Gasteiger partial charge on any atom is 0.266 e. The smallest absolute Gasteiger partial charge is 0.266 e. The standard InChI is InChI=1S/C28H27BrN2O2S/c1-3-4-17-31-27(32)26(34-28(31)30-24-13-5-20(2)6-14-24)18-21-9-15-25(16-10-21)33-19-22-7-11-23(29)12-8-22/h5-16,18H,3-4,17,19H2,1-2H3/b26-18+,30-28?. The molecule has 0 N–H and O–H groups in total. The van der Waals surface area contributed by atoms with E-state index in [0.29, 0.717) is 18.1 Å². The van der Waals surface area contributed by atoms with Crippen LogP contribution in [0.3, 0.4) is 0 Å². The Labute approximate surface area is 213 Å². The fourth-order valence-electron chi connectivity index (χ4n) is 3.39. The van der Waals surface area contributed by atoms with E-state index >= 15 is 0 Å². The van der Waals surface area contributed by atoms with E-state index in [1.165, 1.54) is 17.3 Å². The van der Waals surface area contributed by atoms with Crippen LogP contribution >= 0.6 is 27.7 Å². The third kappa shape index (κ3) is 6.39. The number of hydrogen-bond donors (Lipinski definition) is 0. The summed E-state index contributed by atoms with van der Waals surface area (Å²) in [5.41, 5.74) is 4.11. The lowest BCUT2D eigenvalue weighted by Crippen LogP contribution is -2.30. The van der Waals surface area contributed by atoms with Crippen LogP contribution in [0.25, 0.3) is 6.08 Å². The van der Waals surface area contributed by atoms with E-state index in [1.807, 2.05) is 78.9 Å². The first-order valence-corrected chi connectivity index (χ1v) is 13.0. The van der Waals surface area contributed by atoms with Gasteiger partial charge in [-0.15, -0.1) is 0 Å². The topological polar surface area (TPSA) is 41.9 Å².